The summed E-state index contributed by atoms with van der Waals surface area (Å²) in [6.07, 6.45) is 5.61. The lowest BCUT2D eigenvalue weighted by Crippen LogP contribution is -2.24. The number of pyridine rings is 2. The normalized spacial score (nSPS) is 14.3. The summed E-state index contributed by atoms with van der Waals surface area (Å²) in [4.78, 5) is 4.04. The van der Waals surface area contributed by atoms with Crippen molar-refractivity contribution in [2.24, 2.45) is 0 Å². The molecule has 3 heterocycles. The number of fused-ring (bicyclic) bond motifs is 1. The number of hydrogen-bond donors (Lipinski definition) is 1. The molecule has 0 aliphatic carbocycles. The first kappa shape index (κ1) is 12.7. The minimum absolute atomic E-state index is 0.107. The predicted octanol–water partition coefficient (Wildman–Crippen LogP) is 2.54. The van der Waals surface area contributed by atoms with Gasteiger partial charge in [-0.15, -0.1) is 10.2 Å². The zero-order valence-corrected chi connectivity index (χ0v) is 11.6. The van der Waals surface area contributed by atoms with Crippen molar-refractivity contribution in [1.82, 2.24) is 24.9 Å². The largest absolute Gasteiger partial charge is 0.301 e. The van der Waals surface area contributed by atoms with Crippen LogP contribution in [0.4, 0.5) is 0 Å². The molecule has 2 unspecified atom stereocenters. The molecule has 0 aliphatic rings. The summed E-state index contributed by atoms with van der Waals surface area (Å²) >= 11 is 0. The Labute approximate surface area is 117 Å². The van der Waals surface area contributed by atoms with Crippen molar-refractivity contribution in [3.05, 3.63) is 60.3 Å². The molecule has 0 saturated heterocycles. The fraction of sp³-hybridized carbons (Fsp3) is 0.267. The van der Waals surface area contributed by atoms with E-state index in [1.165, 1.54) is 5.56 Å². The van der Waals surface area contributed by atoms with Gasteiger partial charge in [0.25, 0.3) is 0 Å². The Morgan fingerprint density at radius 3 is 2.60 bits per heavy atom. The Morgan fingerprint density at radius 2 is 1.80 bits per heavy atom. The van der Waals surface area contributed by atoms with Gasteiger partial charge in [0.2, 0.25) is 0 Å². The highest BCUT2D eigenvalue weighted by atomic mass is 15.3. The average Bonchev–Trinajstić information content (AvgIpc) is 2.92. The number of rotatable bonds is 4. The Bertz CT molecular complexity index is 692. The van der Waals surface area contributed by atoms with Crippen molar-refractivity contribution in [2.45, 2.75) is 25.9 Å². The third-order valence-corrected chi connectivity index (χ3v) is 3.43. The van der Waals surface area contributed by atoms with Gasteiger partial charge in [0.1, 0.15) is 0 Å². The highest BCUT2D eigenvalue weighted by Crippen LogP contribution is 2.18. The highest BCUT2D eigenvalue weighted by molar-refractivity contribution is 5.37. The van der Waals surface area contributed by atoms with Crippen LogP contribution in [0.2, 0.25) is 0 Å². The minimum atomic E-state index is 0.107. The molecule has 0 fully saturated rings. The Hall–Kier alpha value is -2.27. The second-order valence-corrected chi connectivity index (χ2v) is 4.88. The quantitative estimate of drug-likeness (QED) is 0.789. The van der Waals surface area contributed by atoms with Gasteiger partial charge in [-0.3, -0.25) is 9.38 Å². The summed E-state index contributed by atoms with van der Waals surface area (Å²) in [7, 11) is 0. The van der Waals surface area contributed by atoms with E-state index in [2.05, 4.69) is 34.3 Å². The molecule has 0 aromatic carbocycles. The van der Waals surface area contributed by atoms with E-state index in [0.29, 0.717) is 0 Å². The van der Waals surface area contributed by atoms with E-state index >= 15 is 0 Å². The van der Waals surface area contributed by atoms with Gasteiger partial charge in [-0.1, -0.05) is 6.07 Å². The van der Waals surface area contributed by atoms with Crippen molar-refractivity contribution >= 4 is 5.65 Å². The number of aromatic nitrogens is 4. The van der Waals surface area contributed by atoms with Crippen molar-refractivity contribution in [1.29, 1.82) is 0 Å². The lowest BCUT2D eigenvalue weighted by atomic mass is 10.1. The maximum absolute atomic E-state index is 4.28. The molecular weight excluding hydrogens is 250 g/mol. The van der Waals surface area contributed by atoms with E-state index < -0.39 is 0 Å². The first-order valence-electron chi connectivity index (χ1n) is 6.71. The highest BCUT2D eigenvalue weighted by Gasteiger charge is 2.16. The Kier molecular flexibility index (Phi) is 3.43. The van der Waals surface area contributed by atoms with Crippen LogP contribution in [0.25, 0.3) is 5.65 Å². The lowest BCUT2D eigenvalue weighted by molar-refractivity contribution is 0.473. The summed E-state index contributed by atoms with van der Waals surface area (Å²) < 4.78 is 2.01. The molecule has 3 rings (SSSR count). The third-order valence-electron chi connectivity index (χ3n) is 3.43. The summed E-state index contributed by atoms with van der Waals surface area (Å²) in [5, 5.41) is 12.0. The smallest absolute Gasteiger partial charge is 0.160 e. The molecule has 0 bridgehead atoms. The van der Waals surface area contributed by atoms with Crippen LogP contribution >= 0.6 is 0 Å². The molecule has 5 nitrogen and oxygen atoms in total. The number of hydrogen-bond acceptors (Lipinski definition) is 4. The third kappa shape index (κ3) is 2.40. The van der Waals surface area contributed by atoms with Crippen molar-refractivity contribution in [3.63, 3.8) is 0 Å². The molecule has 1 N–H and O–H groups in total. The van der Waals surface area contributed by atoms with Crippen molar-refractivity contribution in [2.75, 3.05) is 0 Å². The lowest BCUT2D eigenvalue weighted by Gasteiger charge is -2.19. The Morgan fingerprint density at radius 1 is 1.00 bits per heavy atom. The molecule has 102 valence electrons. The van der Waals surface area contributed by atoms with Crippen LogP contribution in [-0.4, -0.2) is 19.6 Å². The molecule has 0 radical (unpaired) electrons. The van der Waals surface area contributed by atoms with Gasteiger partial charge in [0.05, 0.1) is 6.04 Å². The van der Waals surface area contributed by atoms with Crippen LogP contribution in [-0.2, 0) is 0 Å². The first-order valence-corrected chi connectivity index (χ1v) is 6.71. The molecule has 5 heteroatoms. The molecular formula is C15H17N5. The van der Waals surface area contributed by atoms with Gasteiger partial charge in [0, 0.05) is 24.6 Å². The SMILES string of the molecule is CC(NC(C)c1nnc2ccccn12)c1ccncc1. The van der Waals surface area contributed by atoms with Gasteiger partial charge in [-0.2, -0.15) is 0 Å². The first-order chi connectivity index (χ1) is 9.75. The van der Waals surface area contributed by atoms with Gasteiger partial charge in [0.15, 0.2) is 11.5 Å². The maximum Gasteiger partial charge on any atom is 0.160 e. The van der Waals surface area contributed by atoms with Gasteiger partial charge < -0.3 is 5.32 Å². The fourth-order valence-electron chi connectivity index (χ4n) is 2.35. The van der Waals surface area contributed by atoms with E-state index in [0.717, 1.165) is 11.5 Å². The van der Waals surface area contributed by atoms with Crippen LogP contribution in [0, 0.1) is 0 Å². The Balaban J connectivity index is 1.81. The monoisotopic (exact) mass is 267 g/mol. The molecule has 0 aliphatic heterocycles. The van der Waals surface area contributed by atoms with Crippen molar-refractivity contribution in [3.8, 4) is 0 Å². The van der Waals surface area contributed by atoms with Crippen LogP contribution in [0.1, 0.15) is 37.3 Å². The van der Waals surface area contributed by atoms with Gasteiger partial charge in [-0.25, -0.2) is 0 Å². The second-order valence-electron chi connectivity index (χ2n) is 4.88. The molecule has 3 aromatic rings. The van der Waals surface area contributed by atoms with Crippen LogP contribution in [0.5, 0.6) is 0 Å². The molecule has 3 aromatic heterocycles. The molecule has 0 amide bonds. The van der Waals surface area contributed by atoms with E-state index in [4.69, 9.17) is 0 Å². The molecule has 0 saturated carbocycles. The summed E-state index contributed by atoms with van der Waals surface area (Å²) in [5.41, 5.74) is 2.08. The predicted molar refractivity (Wildman–Crippen MR) is 77.2 cm³/mol. The van der Waals surface area contributed by atoms with Crippen molar-refractivity contribution < 1.29 is 0 Å². The van der Waals surface area contributed by atoms with Gasteiger partial charge >= 0.3 is 0 Å². The molecule has 20 heavy (non-hydrogen) atoms. The zero-order chi connectivity index (χ0) is 13.9. The van der Waals surface area contributed by atoms with E-state index in [1.807, 2.05) is 53.3 Å². The van der Waals surface area contributed by atoms with E-state index in [9.17, 15) is 0 Å². The summed E-state index contributed by atoms with van der Waals surface area (Å²) in [6, 6.07) is 10.3. The average molecular weight is 267 g/mol. The van der Waals surface area contributed by atoms with Crippen LogP contribution < -0.4 is 5.32 Å². The summed E-state index contributed by atoms with van der Waals surface area (Å²) in [6.45, 7) is 4.23. The second kappa shape index (κ2) is 5.38. The minimum Gasteiger partial charge on any atom is -0.301 e. The van der Waals surface area contributed by atoms with Gasteiger partial charge in [-0.05, 0) is 43.7 Å². The van der Waals surface area contributed by atoms with Crippen LogP contribution in [0.15, 0.2) is 48.9 Å². The van der Waals surface area contributed by atoms with Crippen LogP contribution in [0.3, 0.4) is 0 Å². The molecule has 0 spiro atoms. The standard InChI is InChI=1S/C15H17N5/c1-11(13-6-8-16-9-7-13)17-12(2)15-19-18-14-5-3-4-10-20(14)15/h3-12,17H,1-2H3. The fourth-order valence-corrected chi connectivity index (χ4v) is 2.35. The van der Waals surface area contributed by atoms with E-state index in [-0.39, 0.29) is 12.1 Å². The summed E-state index contributed by atoms with van der Waals surface area (Å²) in [5.74, 6) is 0.918. The number of nitrogens with one attached hydrogen (secondary N) is 1. The molecule has 2 atom stereocenters. The topological polar surface area (TPSA) is 55.1 Å². The van der Waals surface area contributed by atoms with E-state index in [1.54, 1.807) is 0 Å². The number of nitrogens with zero attached hydrogens (tertiary/aromatic N) is 4. The zero-order valence-electron chi connectivity index (χ0n) is 11.6. The maximum atomic E-state index is 4.28.